The van der Waals surface area contributed by atoms with Gasteiger partial charge in [0, 0.05) is 23.2 Å². The lowest BCUT2D eigenvalue weighted by Crippen LogP contribution is -2.38. The van der Waals surface area contributed by atoms with E-state index in [4.69, 9.17) is 16.7 Å². The number of carbonyl (C=O) groups is 1. The van der Waals surface area contributed by atoms with E-state index in [1.54, 1.807) is 18.2 Å². The minimum atomic E-state index is -0.240. The van der Waals surface area contributed by atoms with Crippen molar-refractivity contribution in [2.24, 2.45) is 5.92 Å². The van der Waals surface area contributed by atoms with Crippen LogP contribution in [-0.4, -0.2) is 33.9 Å². The first-order chi connectivity index (χ1) is 10.0. The third-order valence-corrected chi connectivity index (χ3v) is 3.71. The second kappa shape index (κ2) is 6.74. The van der Waals surface area contributed by atoms with Gasteiger partial charge in [-0.3, -0.25) is 9.89 Å². The van der Waals surface area contributed by atoms with Gasteiger partial charge in [-0.05, 0) is 31.0 Å². The van der Waals surface area contributed by atoms with Crippen molar-refractivity contribution in [3.63, 3.8) is 0 Å². The van der Waals surface area contributed by atoms with E-state index < -0.39 is 0 Å². The average molecular weight is 308 g/mol. The molecule has 2 atom stereocenters. The maximum Gasteiger partial charge on any atom is 0.269 e. The summed E-state index contributed by atoms with van der Waals surface area (Å²) >= 11 is 5.84. The Kier molecular flexibility index (Phi) is 4.98. The highest BCUT2D eigenvalue weighted by atomic mass is 35.5. The summed E-state index contributed by atoms with van der Waals surface area (Å²) in [6.45, 7) is 3.76. The molecule has 0 aliphatic rings. The normalized spacial score (nSPS) is 13.7. The number of halogens is 1. The SMILES string of the molecule is CC(CO)C(C)NC(=O)c1cc(-c2ccc(Cl)cc2)n[nH]1. The molecule has 1 aromatic heterocycles. The lowest BCUT2D eigenvalue weighted by atomic mass is 10.1. The van der Waals surface area contributed by atoms with Crippen LogP contribution in [0.25, 0.3) is 11.3 Å². The van der Waals surface area contributed by atoms with Crippen molar-refractivity contribution in [2.45, 2.75) is 19.9 Å². The van der Waals surface area contributed by atoms with Gasteiger partial charge in [-0.2, -0.15) is 5.10 Å². The van der Waals surface area contributed by atoms with E-state index in [1.165, 1.54) is 0 Å². The van der Waals surface area contributed by atoms with Crippen LogP contribution >= 0.6 is 11.6 Å². The Labute approximate surface area is 128 Å². The predicted molar refractivity (Wildman–Crippen MR) is 82.2 cm³/mol. The average Bonchev–Trinajstić information content (AvgIpc) is 2.97. The molecule has 0 saturated heterocycles. The maximum atomic E-state index is 12.1. The number of nitrogens with zero attached hydrogens (tertiary/aromatic N) is 1. The third-order valence-electron chi connectivity index (χ3n) is 3.46. The van der Waals surface area contributed by atoms with Crippen LogP contribution < -0.4 is 5.32 Å². The molecular formula is C15H18ClN3O2. The Morgan fingerprint density at radius 3 is 2.67 bits per heavy atom. The summed E-state index contributed by atoms with van der Waals surface area (Å²) in [5.74, 6) is -0.247. The summed E-state index contributed by atoms with van der Waals surface area (Å²) in [5, 5.41) is 19.4. The maximum absolute atomic E-state index is 12.1. The zero-order chi connectivity index (χ0) is 15.4. The number of nitrogens with one attached hydrogen (secondary N) is 2. The lowest BCUT2D eigenvalue weighted by Gasteiger charge is -2.18. The highest BCUT2D eigenvalue weighted by Crippen LogP contribution is 2.20. The molecule has 1 aromatic carbocycles. The van der Waals surface area contributed by atoms with Gasteiger partial charge in [0.1, 0.15) is 5.69 Å². The highest BCUT2D eigenvalue weighted by molar-refractivity contribution is 6.30. The predicted octanol–water partition coefficient (Wildman–Crippen LogP) is 2.48. The monoisotopic (exact) mass is 307 g/mol. The summed E-state index contributed by atoms with van der Waals surface area (Å²) in [6, 6.07) is 8.80. The fourth-order valence-electron chi connectivity index (χ4n) is 1.79. The summed E-state index contributed by atoms with van der Waals surface area (Å²) in [4.78, 5) is 12.1. The van der Waals surface area contributed by atoms with Crippen LogP contribution in [0.3, 0.4) is 0 Å². The van der Waals surface area contributed by atoms with Gasteiger partial charge >= 0.3 is 0 Å². The molecule has 0 radical (unpaired) electrons. The largest absolute Gasteiger partial charge is 0.396 e. The van der Waals surface area contributed by atoms with Gasteiger partial charge < -0.3 is 10.4 Å². The Bertz CT molecular complexity index is 610. The highest BCUT2D eigenvalue weighted by Gasteiger charge is 2.17. The van der Waals surface area contributed by atoms with Crippen molar-refractivity contribution in [2.75, 3.05) is 6.61 Å². The zero-order valence-electron chi connectivity index (χ0n) is 11.9. The van der Waals surface area contributed by atoms with Crippen molar-refractivity contribution >= 4 is 17.5 Å². The first kappa shape index (κ1) is 15.5. The Morgan fingerprint density at radius 1 is 1.38 bits per heavy atom. The number of benzene rings is 1. The number of carbonyl (C=O) groups excluding carboxylic acids is 1. The van der Waals surface area contributed by atoms with Gasteiger partial charge in [-0.1, -0.05) is 30.7 Å². The fraction of sp³-hybridized carbons (Fsp3) is 0.333. The summed E-state index contributed by atoms with van der Waals surface area (Å²) < 4.78 is 0. The van der Waals surface area contributed by atoms with Crippen molar-refractivity contribution in [3.05, 3.63) is 41.0 Å². The zero-order valence-corrected chi connectivity index (χ0v) is 12.7. The number of hydrogen-bond acceptors (Lipinski definition) is 3. The first-order valence-electron chi connectivity index (χ1n) is 6.74. The molecule has 21 heavy (non-hydrogen) atoms. The number of hydrogen-bond donors (Lipinski definition) is 3. The molecule has 0 fully saturated rings. The molecule has 6 heteroatoms. The van der Waals surface area contributed by atoms with E-state index in [1.807, 2.05) is 26.0 Å². The number of aromatic amines is 1. The molecule has 0 spiro atoms. The third kappa shape index (κ3) is 3.83. The molecule has 1 amide bonds. The van der Waals surface area contributed by atoms with Crippen molar-refractivity contribution in [3.8, 4) is 11.3 Å². The van der Waals surface area contributed by atoms with Gasteiger partial charge in [0.2, 0.25) is 0 Å². The Balaban J connectivity index is 2.09. The van der Waals surface area contributed by atoms with E-state index in [2.05, 4.69) is 15.5 Å². The van der Waals surface area contributed by atoms with Crippen LogP contribution in [0.15, 0.2) is 30.3 Å². The minimum Gasteiger partial charge on any atom is -0.396 e. The molecule has 0 bridgehead atoms. The van der Waals surface area contributed by atoms with E-state index in [-0.39, 0.29) is 24.5 Å². The van der Waals surface area contributed by atoms with Gasteiger partial charge in [0.25, 0.3) is 5.91 Å². The number of amides is 1. The number of H-pyrrole nitrogens is 1. The Morgan fingerprint density at radius 2 is 2.05 bits per heavy atom. The quantitative estimate of drug-likeness (QED) is 0.794. The molecule has 0 aliphatic heterocycles. The van der Waals surface area contributed by atoms with E-state index in [0.29, 0.717) is 16.4 Å². The topological polar surface area (TPSA) is 78.0 Å². The molecule has 3 N–H and O–H groups in total. The van der Waals surface area contributed by atoms with Crippen LogP contribution in [0.1, 0.15) is 24.3 Å². The Hall–Kier alpha value is -1.85. The van der Waals surface area contributed by atoms with Crippen LogP contribution in [0.5, 0.6) is 0 Å². The minimum absolute atomic E-state index is 0.00685. The van der Waals surface area contributed by atoms with E-state index >= 15 is 0 Å². The van der Waals surface area contributed by atoms with Crippen molar-refractivity contribution in [1.82, 2.24) is 15.5 Å². The van der Waals surface area contributed by atoms with Crippen molar-refractivity contribution < 1.29 is 9.90 Å². The van der Waals surface area contributed by atoms with Gasteiger partial charge in [-0.25, -0.2) is 0 Å². The molecule has 1 heterocycles. The molecule has 0 aliphatic carbocycles. The van der Waals surface area contributed by atoms with E-state index in [0.717, 1.165) is 5.56 Å². The molecule has 0 saturated carbocycles. The summed E-state index contributed by atoms with van der Waals surface area (Å²) in [7, 11) is 0. The van der Waals surface area contributed by atoms with Crippen LogP contribution in [-0.2, 0) is 0 Å². The van der Waals surface area contributed by atoms with E-state index in [9.17, 15) is 4.79 Å². The van der Waals surface area contributed by atoms with Gasteiger partial charge in [0.15, 0.2) is 0 Å². The summed E-state index contributed by atoms with van der Waals surface area (Å²) in [6.07, 6.45) is 0. The molecule has 2 unspecified atom stereocenters. The standard InChI is InChI=1S/C15H18ClN3O2/c1-9(8-20)10(2)17-15(21)14-7-13(18-19-14)11-3-5-12(16)6-4-11/h3-7,9-10,20H,8H2,1-2H3,(H,17,21)(H,18,19). The summed E-state index contributed by atoms with van der Waals surface area (Å²) in [5.41, 5.74) is 1.95. The molecule has 2 aromatic rings. The number of aliphatic hydroxyl groups excluding tert-OH is 1. The number of aromatic nitrogens is 2. The first-order valence-corrected chi connectivity index (χ1v) is 7.12. The van der Waals surface area contributed by atoms with Crippen LogP contribution in [0.2, 0.25) is 5.02 Å². The molecule has 2 rings (SSSR count). The molecule has 5 nitrogen and oxygen atoms in total. The van der Waals surface area contributed by atoms with Crippen molar-refractivity contribution in [1.29, 1.82) is 0 Å². The van der Waals surface area contributed by atoms with Crippen LogP contribution in [0, 0.1) is 5.92 Å². The second-order valence-corrected chi connectivity index (χ2v) is 5.53. The van der Waals surface area contributed by atoms with Gasteiger partial charge in [-0.15, -0.1) is 0 Å². The lowest BCUT2D eigenvalue weighted by molar-refractivity contribution is 0.0911. The van der Waals surface area contributed by atoms with Gasteiger partial charge in [0.05, 0.1) is 5.69 Å². The number of aliphatic hydroxyl groups is 1. The second-order valence-electron chi connectivity index (χ2n) is 5.10. The van der Waals surface area contributed by atoms with Crippen LogP contribution in [0.4, 0.5) is 0 Å². The number of rotatable bonds is 5. The smallest absolute Gasteiger partial charge is 0.269 e. The molecule has 112 valence electrons. The molecular weight excluding hydrogens is 290 g/mol. The fourth-order valence-corrected chi connectivity index (χ4v) is 1.92.